The van der Waals surface area contributed by atoms with Gasteiger partial charge in [-0.2, -0.15) is 4.98 Å². The first kappa shape index (κ1) is 50.6. The number of nitrogens with zero attached hydrogens (tertiary/aromatic N) is 8. The topological polar surface area (TPSA) is 122 Å². The molecule has 13 nitrogen and oxygen atoms in total. The lowest BCUT2D eigenvalue weighted by Gasteiger charge is -2.35. The predicted octanol–water partition coefficient (Wildman–Crippen LogP) is 9.94. The number of unbranched alkanes of at least 4 members (excludes halogenated alkanes) is 1. The molecule has 0 bridgehead atoms. The predicted molar refractivity (Wildman–Crippen MR) is 280 cm³/mol. The molecule has 1 atom stereocenters. The van der Waals surface area contributed by atoms with Crippen molar-refractivity contribution in [2.24, 2.45) is 0 Å². The smallest absolute Gasteiger partial charge is 0.242 e. The summed E-state index contributed by atoms with van der Waals surface area (Å²) in [6.45, 7) is 11.1. The van der Waals surface area contributed by atoms with E-state index < -0.39 is 11.9 Å². The van der Waals surface area contributed by atoms with Crippen molar-refractivity contribution in [3.63, 3.8) is 0 Å². The van der Waals surface area contributed by atoms with E-state index in [0.717, 1.165) is 131 Å². The van der Waals surface area contributed by atoms with Crippen molar-refractivity contribution in [2.75, 3.05) is 82.1 Å². The van der Waals surface area contributed by atoms with Crippen LogP contribution in [0.3, 0.4) is 0 Å². The van der Waals surface area contributed by atoms with Gasteiger partial charge in [-0.3, -0.25) is 14.5 Å². The van der Waals surface area contributed by atoms with E-state index in [1.54, 1.807) is 19.3 Å². The zero-order valence-corrected chi connectivity index (χ0v) is 42.0. The fourth-order valence-electron chi connectivity index (χ4n) is 10.7. The maximum atomic E-state index is 14.1. The molecule has 3 aliphatic rings. The first-order valence-corrected chi connectivity index (χ1v) is 25.7. The number of aromatic nitrogens is 3. The van der Waals surface area contributed by atoms with Gasteiger partial charge in [0.25, 0.3) is 0 Å². The number of piperazine rings is 1. The van der Waals surface area contributed by atoms with Gasteiger partial charge in [-0.25, -0.2) is 9.37 Å². The number of likely N-dealkylation sites (tertiary alicyclic amines) is 1. The third-order valence-corrected chi connectivity index (χ3v) is 15.1. The first-order valence-electron chi connectivity index (χ1n) is 25.3. The molecule has 3 aromatic carbocycles. The number of carbonyl (C=O) groups is 3. The van der Waals surface area contributed by atoms with E-state index in [0.29, 0.717) is 47.9 Å². The lowest BCUT2D eigenvalue weighted by Crippen LogP contribution is -2.48. The number of hydrogen-bond acceptors (Lipinski definition) is 10. The summed E-state index contributed by atoms with van der Waals surface area (Å²) in [5.74, 6) is 0.569. The molecular formula is C55H70ClFN10O3. The van der Waals surface area contributed by atoms with Gasteiger partial charge in [0.05, 0.1) is 11.4 Å². The Morgan fingerprint density at radius 3 is 2.37 bits per heavy atom. The van der Waals surface area contributed by atoms with Gasteiger partial charge in [0, 0.05) is 107 Å². The number of rotatable bonds is 20. The van der Waals surface area contributed by atoms with Crippen molar-refractivity contribution in [2.45, 2.75) is 102 Å². The number of halogens is 2. The zero-order chi connectivity index (χ0) is 49.1. The molecule has 372 valence electrons. The highest BCUT2D eigenvalue weighted by Gasteiger charge is 2.28. The Morgan fingerprint density at radius 2 is 1.67 bits per heavy atom. The molecule has 2 aromatic heterocycles. The molecule has 70 heavy (non-hydrogen) atoms. The minimum atomic E-state index is -0.460. The Bertz CT molecular complexity index is 2560. The second-order valence-corrected chi connectivity index (χ2v) is 19.8. The molecular weight excluding hydrogens is 903 g/mol. The maximum Gasteiger partial charge on any atom is 0.242 e. The number of hydrogen-bond donors (Lipinski definition) is 2. The standard InChI is InChI=1S/C55H70ClFN10O3/c1-5-62(3)51-32-42(20-21-49(51)63(4)50(14-11-31-68)54(70)58-2)40-22-25-64(26-23-40)24-10-9-15-52(69)66-29-27-65(28-30-66)37-39-16-18-41(19-17-39)48-38-67(46-12-7-6-8-13-46)53-47(48)36-59-55(61-53)60-45-34-43(56)33-44(57)35-45/h5,16-21,31-36,38,40,46,50H,1,6-15,22-30,37H2,2-4H3,(H,58,70)(H,59,60,61). The van der Waals surface area contributed by atoms with E-state index in [2.05, 4.69) is 90.1 Å². The molecule has 1 aliphatic carbocycles. The number of likely N-dealkylation sites (N-methyl/N-ethyl adjacent to an activating group) is 2. The van der Waals surface area contributed by atoms with E-state index in [-0.39, 0.29) is 11.8 Å². The number of carbonyl (C=O) groups excluding carboxylic acids is 3. The molecule has 2 aliphatic heterocycles. The van der Waals surface area contributed by atoms with Gasteiger partial charge < -0.3 is 39.6 Å². The summed E-state index contributed by atoms with van der Waals surface area (Å²) in [7, 11) is 5.51. The van der Waals surface area contributed by atoms with E-state index >= 15 is 0 Å². The van der Waals surface area contributed by atoms with E-state index in [1.165, 1.54) is 42.5 Å². The van der Waals surface area contributed by atoms with Crippen molar-refractivity contribution in [1.82, 2.24) is 34.6 Å². The summed E-state index contributed by atoms with van der Waals surface area (Å²) in [6.07, 6.45) is 18.0. The number of piperidine rings is 1. The third-order valence-electron chi connectivity index (χ3n) is 14.8. The van der Waals surface area contributed by atoms with Gasteiger partial charge >= 0.3 is 0 Å². The summed E-state index contributed by atoms with van der Waals surface area (Å²) < 4.78 is 16.4. The fraction of sp³-hybridized carbons (Fsp3) is 0.473. The van der Waals surface area contributed by atoms with Crippen molar-refractivity contribution in [3.05, 3.63) is 108 Å². The SMILES string of the molecule is C=CN(C)c1cc(C2CCN(CCCCC(=O)N3CCN(Cc4ccc(-c5cn(C6CCCCC6)c6nc(Nc7cc(F)cc(Cl)c7)ncc56)cc4)CC3)CC2)ccc1N(C)C(CCC=O)C(=O)NC. The molecule has 8 rings (SSSR count). The van der Waals surface area contributed by atoms with Crippen LogP contribution in [0.2, 0.25) is 5.02 Å². The lowest BCUT2D eigenvalue weighted by molar-refractivity contribution is -0.133. The van der Waals surface area contributed by atoms with E-state index in [1.807, 2.05) is 30.1 Å². The molecule has 3 fully saturated rings. The average molecular weight is 974 g/mol. The van der Waals surface area contributed by atoms with Crippen LogP contribution in [0.5, 0.6) is 0 Å². The maximum absolute atomic E-state index is 14.1. The number of fused-ring (bicyclic) bond motifs is 1. The summed E-state index contributed by atoms with van der Waals surface area (Å²) in [4.78, 5) is 57.9. The van der Waals surface area contributed by atoms with Crippen molar-refractivity contribution in [1.29, 1.82) is 0 Å². The molecule has 2 amide bonds. The van der Waals surface area contributed by atoms with Crippen LogP contribution in [0.1, 0.15) is 100 Å². The summed E-state index contributed by atoms with van der Waals surface area (Å²) in [5, 5.41) is 7.20. The van der Waals surface area contributed by atoms with Gasteiger partial charge in [-0.15, -0.1) is 0 Å². The average Bonchev–Trinajstić information content (AvgIpc) is 3.76. The molecule has 2 saturated heterocycles. The van der Waals surface area contributed by atoms with Crippen LogP contribution in [0.4, 0.5) is 27.4 Å². The van der Waals surface area contributed by atoms with Crippen molar-refractivity contribution in [3.8, 4) is 11.1 Å². The zero-order valence-electron chi connectivity index (χ0n) is 41.2. The van der Waals surface area contributed by atoms with E-state index in [9.17, 15) is 18.8 Å². The summed E-state index contributed by atoms with van der Waals surface area (Å²) in [6, 6.07) is 19.6. The lowest BCUT2D eigenvalue weighted by atomic mass is 9.88. The minimum absolute atomic E-state index is 0.114. The normalized spacial score (nSPS) is 16.8. The molecule has 1 saturated carbocycles. The van der Waals surface area contributed by atoms with Gasteiger partial charge in [-0.1, -0.05) is 67.8 Å². The number of nitrogens with one attached hydrogen (secondary N) is 2. The largest absolute Gasteiger partial charge is 0.361 e. The highest BCUT2D eigenvalue weighted by atomic mass is 35.5. The van der Waals surface area contributed by atoms with Crippen LogP contribution in [0, 0.1) is 5.82 Å². The molecule has 15 heteroatoms. The van der Waals surface area contributed by atoms with Gasteiger partial charge in [0.2, 0.25) is 17.8 Å². The van der Waals surface area contributed by atoms with Crippen molar-refractivity contribution < 1.29 is 18.8 Å². The molecule has 0 radical (unpaired) electrons. The summed E-state index contributed by atoms with van der Waals surface area (Å²) >= 11 is 6.12. The van der Waals surface area contributed by atoms with Crippen LogP contribution in [0.25, 0.3) is 22.2 Å². The monoisotopic (exact) mass is 973 g/mol. The van der Waals surface area contributed by atoms with E-state index in [4.69, 9.17) is 16.6 Å². The van der Waals surface area contributed by atoms with Gasteiger partial charge in [0.1, 0.15) is 23.8 Å². The van der Waals surface area contributed by atoms with Crippen LogP contribution in [-0.4, -0.2) is 120 Å². The molecule has 1 unspecified atom stereocenters. The second-order valence-electron chi connectivity index (χ2n) is 19.4. The van der Waals surface area contributed by atoms with Gasteiger partial charge in [-0.05, 0) is 124 Å². The summed E-state index contributed by atoms with van der Waals surface area (Å²) in [5.41, 5.74) is 8.03. The second kappa shape index (κ2) is 23.9. The molecule has 4 heterocycles. The number of benzene rings is 3. The quantitative estimate of drug-likeness (QED) is 0.0576. The molecule has 2 N–H and O–H groups in total. The Balaban J connectivity index is 0.782. The Hall–Kier alpha value is -5.83. The fourth-order valence-corrected chi connectivity index (χ4v) is 10.9. The third kappa shape index (κ3) is 12.4. The minimum Gasteiger partial charge on any atom is -0.361 e. The number of amides is 2. The van der Waals surface area contributed by atoms with Gasteiger partial charge in [0.15, 0.2) is 0 Å². The molecule has 5 aromatic rings. The number of aldehydes is 1. The highest BCUT2D eigenvalue weighted by molar-refractivity contribution is 6.30. The van der Waals surface area contributed by atoms with Crippen LogP contribution < -0.4 is 20.4 Å². The van der Waals surface area contributed by atoms with Crippen molar-refractivity contribution >= 4 is 63.7 Å². The Morgan fingerprint density at radius 1 is 0.914 bits per heavy atom. The Kier molecular flexibility index (Phi) is 17.2. The highest BCUT2D eigenvalue weighted by Crippen LogP contribution is 2.39. The van der Waals surface area contributed by atoms with Crippen LogP contribution in [-0.2, 0) is 20.9 Å². The molecule has 0 spiro atoms. The van der Waals surface area contributed by atoms with Crippen LogP contribution in [0.15, 0.2) is 85.8 Å². The number of anilines is 4. The Labute approximate surface area is 418 Å². The first-order chi connectivity index (χ1) is 34.0. The van der Waals surface area contributed by atoms with Crippen LogP contribution >= 0.6 is 11.6 Å².